The number of rotatable bonds is 3. The molecule has 1 N–H and O–H groups in total. The van der Waals surface area contributed by atoms with E-state index in [1.54, 1.807) is 18.2 Å². The van der Waals surface area contributed by atoms with Crippen LogP contribution >= 0.6 is 0 Å². The number of hydrogen-bond acceptors (Lipinski definition) is 3. The third-order valence-corrected chi connectivity index (χ3v) is 6.06. The second-order valence-corrected chi connectivity index (χ2v) is 7.81. The molecule has 2 fully saturated rings. The molecule has 1 aliphatic heterocycles. The summed E-state index contributed by atoms with van der Waals surface area (Å²) in [7, 11) is 0. The molecule has 1 aromatic heterocycles. The van der Waals surface area contributed by atoms with Crippen LogP contribution in [0.25, 0.3) is 0 Å². The maximum absolute atomic E-state index is 13.0. The smallest absolute Gasteiger partial charge is 0.291 e. The summed E-state index contributed by atoms with van der Waals surface area (Å²) < 4.78 is 5.14. The number of likely N-dealkylation sites (tertiary alicyclic amines) is 1. The molecule has 2 aliphatic rings. The van der Waals surface area contributed by atoms with Crippen LogP contribution in [0.5, 0.6) is 0 Å². The highest BCUT2D eigenvalue weighted by Crippen LogP contribution is 2.36. The Kier molecular flexibility index (Phi) is 5.01. The number of aryl methyl sites for hydroxylation is 1. The average Bonchev–Trinajstić information content (AvgIpc) is 3.24. The van der Waals surface area contributed by atoms with Crippen LogP contribution in [0.2, 0.25) is 0 Å². The van der Waals surface area contributed by atoms with Gasteiger partial charge < -0.3 is 14.6 Å². The molecule has 2 aromatic rings. The third kappa shape index (κ3) is 3.77. The summed E-state index contributed by atoms with van der Waals surface area (Å²) in [6.45, 7) is 3.62. The minimum Gasteiger partial charge on any atom is -0.459 e. The zero-order valence-corrected chi connectivity index (χ0v) is 15.7. The number of benzene rings is 1. The van der Waals surface area contributed by atoms with E-state index in [9.17, 15) is 9.59 Å². The molecule has 2 unspecified atom stereocenters. The van der Waals surface area contributed by atoms with E-state index >= 15 is 0 Å². The van der Waals surface area contributed by atoms with Crippen molar-refractivity contribution in [1.82, 2.24) is 4.90 Å². The number of hydrogen-bond donors (Lipinski definition) is 1. The second-order valence-electron chi connectivity index (χ2n) is 7.81. The van der Waals surface area contributed by atoms with E-state index in [0.29, 0.717) is 17.2 Å². The van der Waals surface area contributed by atoms with Crippen molar-refractivity contribution >= 4 is 17.5 Å². The number of carbonyl (C=O) groups excluding carboxylic acids is 2. The number of carbonyl (C=O) groups is 2. The van der Waals surface area contributed by atoms with Gasteiger partial charge in [0.05, 0.1) is 6.26 Å². The van der Waals surface area contributed by atoms with Crippen molar-refractivity contribution in [3.05, 3.63) is 53.5 Å². The van der Waals surface area contributed by atoms with E-state index in [-0.39, 0.29) is 17.6 Å². The summed E-state index contributed by atoms with van der Waals surface area (Å²) in [6.07, 6.45) is 7.77. The largest absolute Gasteiger partial charge is 0.459 e. The first-order valence-electron chi connectivity index (χ1n) is 9.86. The molecular formula is C22H26N2O3. The van der Waals surface area contributed by atoms with E-state index in [2.05, 4.69) is 5.32 Å². The van der Waals surface area contributed by atoms with Crippen molar-refractivity contribution in [3.8, 4) is 0 Å². The van der Waals surface area contributed by atoms with Gasteiger partial charge in [-0.1, -0.05) is 25.3 Å². The molecule has 1 aromatic carbocycles. The van der Waals surface area contributed by atoms with Gasteiger partial charge in [-0.3, -0.25) is 9.59 Å². The Bertz CT molecular complexity index is 828. The fourth-order valence-electron chi connectivity index (χ4n) is 4.45. The Morgan fingerprint density at radius 2 is 1.93 bits per heavy atom. The van der Waals surface area contributed by atoms with Crippen molar-refractivity contribution < 1.29 is 14.0 Å². The van der Waals surface area contributed by atoms with Gasteiger partial charge in [0.15, 0.2) is 5.76 Å². The molecule has 4 rings (SSSR count). The number of piperidine rings is 1. The quantitative estimate of drug-likeness (QED) is 0.870. The molecular weight excluding hydrogens is 340 g/mol. The van der Waals surface area contributed by atoms with E-state index < -0.39 is 0 Å². The van der Waals surface area contributed by atoms with Gasteiger partial charge in [-0.05, 0) is 61.4 Å². The Hall–Kier alpha value is -2.56. The Balaban J connectivity index is 1.48. The molecule has 1 saturated carbocycles. The molecule has 1 aliphatic carbocycles. The van der Waals surface area contributed by atoms with Crippen LogP contribution in [-0.2, 0) is 0 Å². The normalized spacial score (nSPS) is 22.2. The van der Waals surface area contributed by atoms with Crippen molar-refractivity contribution in [2.45, 2.75) is 39.0 Å². The molecule has 2 heterocycles. The molecule has 0 spiro atoms. The number of furan rings is 1. The molecule has 0 bridgehead atoms. The number of nitrogens with zero attached hydrogens (tertiary/aromatic N) is 1. The Labute approximate surface area is 159 Å². The zero-order valence-electron chi connectivity index (χ0n) is 15.7. The third-order valence-electron chi connectivity index (χ3n) is 6.06. The number of amides is 2. The minimum atomic E-state index is -0.310. The van der Waals surface area contributed by atoms with Crippen molar-refractivity contribution in [2.75, 3.05) is 18.4 Å². The van der Waals surface area contributed by atoms with Crippen LogP contribution in [0.3, 0.4) is 0 Å². The van der Waals surface area contributed by atoms with E-state index in [1.165, 1.54) is 31.9 Å². The van der Waals surface area contributed by atoms with Crippen molar-refractivity contribution in [1.29, 1.82) is 0 Å². The zero-order chi connectivity index (χ0) is 18.8. The van der Waals surface area contributed by atoms with Crippen LogP contribution in [0.1, 0.15) is 58.6 Å². The molecule has 142 valence electrons. The number of nitrogens with one attached hydrogen (secondary N) is 1. The van der Waals surface area contributed by atoms with Gasteiger partial charge in [0, 0.05) is 24.3 Å². The number of fused-ring (bicyclic) bond motifs is 1. The molecule has 27 heavy (non-hydrogen) atoms. The summed E-state index contributed by atoms with van der Waals surface area (Å²) >= 11 is 0. The highest BCUT2D eigenvalue weighted by atomic mass is 16.3. The SMILES string of the molecule is Cc1ccc(C(=O)N2CCC3CCCCC3C2)cc1NC(=O)c1ccco1. The van der Waals surface area contributed by atoms with Crippen molar-refractivity contribution in [3.63, 3.8) is 0 Å². The minimum absolute atomic E-state index is 0.0625. The maximum Gasteiger partial charge on any atom is 0.291 e. The van der Waals surface area contributed by atoms with Crippen molar-refractivity contribution in [2.24, 2.45) is 11.8 Å². The molecule has 2 atom stereocenters. The molecule has 2 amide bonds. The van der Waals surface area contributed by atoms with Gasteiger partial charge in [0.25, 0.3) is 11.8 Å². The van der Waals surface area contributed by atoms with Crippen LogP contribution in [0.4, 0.5) is 5.69 Å². The topological polar surface area (TPSA) is 62.6 Å². The van der Waals surface area contributed by atoms with E-state index in [1.807, 2.05) is 24.0 Å². The summed E-state index contributed by atoms with van der Waals surface area (Å²) in [5, 5.41) is 2.85. The molecule has 5 heteroatoms. The predicted octanol–water partition coefficient (Wildman–Crippen LogP) is 4.49. The molecule has 0 radical (unpaired) electrons. The summed E-state index contributed by atoms with van der Waals surface area (Å²) in [5.41, 5.74) is 2.19. The lowest BCUT2D eigenvalue weighted by atomic mass is 9.75. The number of anilines is 1. The summed E-state index contributed by atoms with van der Waals surface area (Å²) in [5.74, 6) is 1.46. The highest BCUT2D eigenvalue weighted by Gasteiger charge is 2.33. The second kappa shape index (κ2) is 7.59. The van der Waals surface area contributed by atoms with E-state index in [0.717, 1.165) is 31.0 Å². The van der Waals surface area contributed by atoms with Gasteiger partial charge >= 0.3 is 0 Å². The predicted molar refractivity (Wildman–Crippen MR) is 104 cm³/mol. The monoisotopic (exact) mass is 366 g/mol. The van der Waals surface area contributed by atoms with Gasteiger partial charge in [-0.25, -0.2) is 0 Å². The average molecular weight is 366 g/mol. The first-order valence-corrected chi connectivity index (χ1v) is 9.86. The first kappa shape index (κ1) is 17.8. The first-order chi connectivity index (χ1) is 13.1. The van der Waals surface area contributed by atoms with Crippen LogP contribution in [0, 0.1) is 18.8 Å². The fourth-order valence-corrected chi connectivity index (χ4v) is 4.45. The highest BCUT2D eigenvalue weighted by molar-refractivity contribution is 6.03. The lowest BCUT2D eigenvalue weighted by Crippen LogP contribution is -2.44. The lowest BCUT2D eigenvalue weighted by molar-refractivity contribution is 0.0521. The lowest BCUT2D eigenvalue weighted by Gasteiger charge is -2.41. The van der Waals surface area contributed by atoms with Gasteiger partial charge in [-0.15, -0.1) is 0 Å². The maximum atomic E-state index is 13.0. The Morgan fingerprint density at radius 1 is 1.11 bits per heavy atom. The van der Waals surface area contributed by atoms with Gasteiger partial charge in [-0.2, -0.15) is 0 Å². The standard InChI is InChI=1S/C22H26N2O3/c1-15-8-9-17(13-19(15)23-21(25)20-7-4-12-27-20)22(26)24-11-10-16-5-2-3-6-18(16)14-24/h4,7-9,12-13,16,18H,2-3,5-6,10-11,14H2,1H3,(H,23,25). The van der Waals surface area contributed by atoms with Gasteiger partial charge in [0.2, 0.25) is 0 Å². The Morgan fingerprint density at radius 3 is 2.70 bits per heavy atom. The fraction of sp³-hybridized carbons (Fsp3) is 0.455. The summed E-state index contributed by atoms with van der Waals surface area (Å²) in [4.78, 5) is 27.3. The van der Waals surface area contributed by atoms with Crippen LogP contribution < -0.4 is 5.32 Å². The molecule has 1 saturated heterocycles. The summed E-state index contributed by atoms with van der Waals surface area (Å²) in [6, 6.07) is 8.82. The molecule has 5 nitrogen and oxygen atoms in total. The van der Waals surface area contributed by atoms with Gasteiger partial charge in [0.1, 0.15) is 0 Å². The van der Waals surface area contributed by atoms with Crippen LogP contribution in [0.15, 0.2) is 41.0 Å². The van der Waals surface area contributed by atoms with Crippen LogP contribution in [-0.4, -0.2) is 29.8 Å². The van der Waals surface area contributed by atoms with E-state index in [4.69, 9.17) is 4.42 Å².